The van der Waals surface area contributed by atoms with Crippen LogP contribution in [-0.4, -0.2) is 14.9 Å². The summed E-state index contributed by atoms with van der Waals surface area (Å²) < 4.78 is 1.85. The first kappa shape index (κ1) is 14.1. The van der Waals surface area contributed by atoms with Crippen LogP contribution in [0.2, 0.25) is 0 Å². The van der Waals surface area contributed by atoms with E-state index in [0.717, 1.165) is 29.4 Å². The molecule has 2 rings (SSSR count). The average Bonchev–Trinajstić information content (AvgIpc) is 2.76. The standard InChI is InChI=1S/C16H24N2O/c1-3-4-5-6-7-12-15(19)16-13-10-8-9-11-14(13)18(2)17-16/h8-11,15,19H,3-7,12H2,1-2H3. The highest BCUT2D eigenvalue weighted by atomic mass is 16.3. The van der Waals surface area contributed by atoms with Crippen LogP contribution in [0.3, 0.4) is 0 Å². The zero-order valence-electron chi connectivity index (χ0n) is 12.0. The molecule has 3 heteroatoms. The number of fused-ring (bicyclic) bond motifs is 1. The first-order valence-electron chi connectivity index (χ1n) is 7.33. The quantitative estimate of drug-likeness (QED) is 0.765. The summed E-state index contributed by atoms with van der Waals surface area (Å²) >= 11 is 0. The SMILES string of the molecule is CCCCCCCC(O)c1nn(C)c2ccccc12. The van der Waals surface area contributed by atoms with Crippen LogP contribution in [0.25, 0.3) is 10.9 Å². The van der Waals surface area contributed by atoms with Gasteiger partial charge in [-0.2, -0.15) is 5.10 Å². The zero-order valence-corrected chi connectivity index (χ0v) is 12.0. The van der Waals surface area contributed by atoms with Crippen molar-refractivity contribution in [2.24, 2.45) is 7.05 Å². The Hall–Kier alpha value is -1.35. The summed E-state index contributed by atoms with van der Waals surface area (Å²) in [7, 11) is 1.93. The monoisotopic (exact) mass is 260 g/mol. The van der Waals surface area contributed by atoms with Crippen molar-refractivity contribution in [3.63, 3.8) is 0 Å². The summed E-state index contributed by atoms with van der Waals surface area (Å²) in [6.07, 6.45) is 6.47. The Morgan fingerprint density at radius 2 is 1.89 bits per heavy atom. The molecule has 0 saturated carbocycles. The zero-order chi connectivity index (χ0) is 13.7. The number of aryl methyl sites for hydroxylation is 1. The van der Waals surface area contributed by atoms with Crippen molar-refractivity contribution in [2.75, 3.05) is 0 Å². The van der Waals surface area contributed by atoms with E-state index >= 15 is 0 Å². The molecule has 0 spiro atoms. The van der Waals surface area contributed by atoms with Crippen LogP contribution in [-0.2, 0) is 7.05 Å². The van der Waals surface area contributed by atoms with Gasteiger partial charge in [-0.1, -0.05) is 57.2 Å². The first-order valence-corrected chi connectivity index (χ1v) is 7.33. The lowest BCUT2D eigenvalue weighted by Gasteiger charge is -2.08. The molecule has 19 heavy (non-hydrogen) atoms. The van der Waals surface area contributed by atoms with E-state index in [1.807, 2.05) is 36.0 Å². The number of nitrogens with zero attached hydrogens (tertiary/aromatic N) is 2. The molecule has 0 saturated heterocycles. The number of aliphatic hydroxyl groups excluding tert-OH is 1. The summed E-state index contributed by atoms with van der Waals surface area (Å²) in [5.74, 6) is 0. The maximum absolute atomic E-state index is 10.3. The van der Waals surface area contributed by atoms with Crippen LogP contribution in [0.15, 0.2) is 24.3 Å². The van der Waals surface area contributed by atoms with Crippen molar-refractivity contribution < 1.29 is 5.11 Å². The Morgan fingerprint density at radius 1 is 1.16 bits per heavy atom. The molecule has 1 atom stereocenters. The third-order valence-corrected chi connectivity index (χ3v) is 3.68. The number of aromatic nitrogens is 2. The Bertz CT molecular complexity index is 518. The number of benzene rings is 1. The second-order valence-electron chi connectivity index (χ2n) is 5.24. The van der Waals surface area contributed by atoms with E-state index in [4.69, 9.17) is 0 Å². The Morgan fingerprint density at radius 3 is 2.68 bits per heavy atom. The lowest BCUT2D eigenvalue weighted by atomic mass is 10.0. The van der Waals surface area contributed by atoms with Gasteiger partial charge in [-0.25, -0.2) is 0 Å². The minimum atomic E-state index is -0.437. The van der Waals surface area contributed by atoms with Gasteiger partial charge in [0, 0.05) is 12.4 Å². The van der Waals surface area contributed by atoms with Crippen molar-refractivity contribution in [1.82, 2.24) is 9.78 Å². The molecule has 0 aliphatic heterocycles. The number of rotatable bonds is 7. The van der Waals surface area contributed by atoms with Crippen LogP contribution in [0.1, 0.15) is 57.2 Å². The molecule has 1 aromatic heterocycles. The molecule has 1 unspecified atom stereocenters. The summed E-state index contributed by atoms with van der Waals surface area (Å²) in [5.41, 5.74) is 1.91. The molecule has 0 bridgehead atoms. The molecule has 1 aromatic carbocycles. The highest BCUT2D eigenvalue weighted by molar-refractivity contribution is 5.82. The molecule has 1 N–H and O–H groups in total. The maximum Gasteiger partial charge on any atom is 0.0988 e. The molecular weight excluding hydrogens is 236 g/mol. The van der Waals surface area contributed by atoms with Gasteiger partial charge in [0.2, 0.25) is 0 Å². The molecule has 104 valence electrons. The second kappa shape index (κ2) is 6.71. The smallest absolute Gasteiger partial charge is 0.0988 e. The van der Waals surface area contributed by atoms with Crippen molar-refractivity contribution in [3.05, 3.63) is 30.0 Å². The van der Waals surface area contributed by atoms with Gasteiger partial charge in [-0.15, -0.1) is 0 Å². The first-order chi connectivity index (χ1) is 9.24. The Labute approximate surface area is 115 Å². The van der Waals surface area contributed by atoms with Gasteiger partial charge < -0.3 is 5.11 Å². The van der Waals surface area contributed by atoms with Crippen LogP contribution in [0.4, 0.5) is 0 Å². The summed E-state index contributed by atoms with van der Waals surface area (Å²) in [6.45, 7) is 2.22. The Balaban J connectivity index is 1.99. The summed E-state index contributed by atoms with van der Waals surface area (Å²) in [4.78, 5) is 0. The fourth-order valence-corrected chi connectivity index (χ4v) is 2.57. The van der Waals surface area contributed by atoms with Gasteiger partial charge in [0.25, 0.3) is 0 Å². The third-order valence-electron chi connectivity index (χ3n) is 3.68. The minimum absolute atomic E-state index is 0.437. The van der Waals surface area contributed by atoms with Crippen LogP contribution in [0.5, 0.6) is 0 Å². The highest BCUT2D eigenvalue weighted by Crippen LogP contribution is 2.26. The van der Waals surface area contributed by atoms with Crippen molar-refractivity contribution in [1.29, 1.82) is 0 Å². The number of para-hydroxylation sites is 1. The second-order valence-corrected chi connectivity index (χ2v) is 5.24. The molecule has 0 aliphatic carbocycles. The van der Waals surface area contributed by atoms with Crippen LogP contribution >= 0.6 is 0 Å². The van der Waals surface area contributed by atoms with Gasteiger partial charge in [0.1, 0.15) is 0 Å². The molecule has 0 aliphatic rings. The number of hydrogen-bond donors (Lipinski definition) is 1. The molecule has 0 amide bonds. The number of aliphatic hydroxyl groups is 1. The fourth-order valence-electron chi connectivity index (χ4n) is 2.57. The molecule has 3 nitrogen and oxygen atoms in total. The molecule has 0 radical (unpaired) electrons. The topological polar surface area (TPSA) is 38.1 Å². The highest BCUT2D eigenvalue weighted by Gasteiger charge is 2.15. The lowest BCUT2D eigenvalue weighted by molar-refractivity contribution is 0.159. The van der Waals surface area contributed by atoms with Gasteiger partial charge in [-0.3, -0.25) is 4.68 Å². The van der Waals surface area contributed by atoms with E-state index in [9.17, 15) is 5.11 Å². The van der Waals surface area contributed by atoms with Crippen molar-refractivity contribution >= 4 is 10.9 Å². The Kier molecular flexibility index (Phi) is 4.97. The average molecular weight is 260 g/mol. The summed E-state index contributed by atoms with van der Waals surface area (Å²) in [5, 5.41) is 15.9. The largest absolute Gasteiger partial charge is 0.387 e. The van der Waals surface area contributed by atoms with E-state index in [1.165, 1.54) is 25.7 Å². The van der Waals surface area contributed by atoms with Crippen LogP contribution in [0, 0.1) is 0 Å². The normalized spacial score (nSPS) is 13.0. The minimum Gasteiger partial charge on any atom is -0.387 e. The molecule has 0 fully saturated rings. The predicted molar refractivity (Wildman–Crippen MR) is 79.0 cm³/mol. The van der Waals surface area contributed by atoms with E-state index in [1.54, 1.807) is 0 Å². The van der Waals surface area contributed by atoms with E-state index in [-0.39, 0.29) is 0 Å². The molecule has 2 aromatic rings. The predicted octanol–water partition coefficient (Wildman–Crippen LogP) is 3.97. The van der Waals surface area contributed by atoms with E-state index < -0.39 is 6.10 Å². The van der Waals surface area contributed by atoms with Gasteiger partial charge in [0.05, 0.1) is 17.3 Å². The van der Waals surface area contributed by atoms with Crippen LogP contribution < -0.4 is 0 Å². The van der Waals surface area contributed by atoms with E-state index in [0.29, 0.717) is 0 Å². The van der Waals surface area contributed by atoms with Gasteiger partial charge >= 0.3 is 0 Å². The lowest BCUT2D eigenvalue weighted by Crippen LogP contribution is -2.00. The van der Waals surface area contributed by atoms with Gasteiger partial charge in [-0.05, 0) is 12.5 Å². The van der Waals surface area contributed by atoms with Crippen molar-refractivity contribution in [2.45, 2.75) is 51.6 Å². The maximum atomic E-state index is 10.3. The fraction of sp³-hybridized carbons (Fsp3) is 0.562. The van der Waals surface area contributed by atoms with Gasteiger partial charge in [0.15, 0.2) is 0 Å². The molecular formula is C16H24N2O. The van der Waals surface area contributed by atoms with Crippen molar-refractivity contribution in [3.8, 4) is 0 Å². The number of hydrogen-bond acceptors (Lipinski definition) is 2. The molecule has 1 heterocycles. The third kappa shape index (κ3) is 3.35. The van der Waals surface area contributed by atoms with E-state index in [2.05, 4.69) is 12.0 Å². The summed E-state index contributed by atoms with van der Waals surface area (Å²) in [6, 6.07) is 8.09. The number of unbranched alkanes of at least 4 members (excludes halogenated alkanes) is 4.